The van der Waals surface area contributed by atoms with Crippen LogP contribution in [0.1, 0.15) is 51.6 Å². The molecule has 0 N–H and O–H groups in total. The molecule has 38 heavy (non-hydrogen) atoms. The summed E-state index contributed by atoms with van der Waals surface area (Å²) in [6, 6.07) is 9.54. The van der Waals surface area contributed by atoms with Gasteiger partial charge in [0.1, 0.15) is 5.75 Å². The molecular formula is C27H31F3N6O2. The summed E-state index contributed by atoms with van der Waals surface area (Å²) in [5.74, 6) is 0.483. The largest absolute Gasteiger partial charge is 0.573 e. The summed E-state index contributed by atoms with van der Waals surface area (Å²) in [5, 5.41) is 0. The van der Waals surface area contributed by atoms with Crippen molar-refractivity contribution in [3.63, 3.8) is 0 Å². The van der Waals surface area contributed by atoms with E-state index in [2.05, 4.69) is 50.1 Å². The van der Waals surface area contributed by atoms with Crippen molar-refractivity contribution in [3.05, 3.63) is 63.9 Å². The number of hydrogen-bond acceptors (Lipinski definition) is 6. The van der Waals surface area contributed by atoms with Crippen molar-refractivity contribution in [2.24, 2.45) is 7.05 Å². The Bertz CT molecular complexity index is 1380. The molecule has 11 heteroatoms. The van der Waals surface area contributed by atoms with Gasteiger partial charge >= 0.3 is 12.1 Å². The number of nitrogens with zero attached hydrogens (tertiary/aromatic N) is 6. The van der Waals surface area contributed by atoms with Gasteiger partial charge in [0.2, 0.25) is 5.52 Å². The lowest BCUT2D eigenvalue weighted by Gasteiger charge is -2.49. The second-order valence-electron chi connectivity index (χ2n) is 9.44. The van der Waals surface area contributed by atoms with Gasteiger partial charge in [0.05, 0.1) is 5.52 Å². The average molecular weight is 529 g/mol. The molecule has 1 aromatic carbocycles. The van der Waals surface area contributed by atoms with Crippen LogP contribution in [0.2, 0.25) is 0 Å². The minimum absolute atomic E-state index is 0.00345. The maximum atomic E-state index is 12.8. The number of ether oxygens (including phenoxy) is 1. The van der Waals surface area contributed by atoms with E-state index in [1.54, 1.807) is 31.3 Å². The van der Waals surface area contributed by atoms with E-state index in [0.717, 1.165) is 24.8 Å². The Morgan fingerprint density at radius 1 is 1.05 bits per heavy atom. The predicted octanol–water partition coefficient (Wildman–Crippen LogP) is 5.61. The van der Waals surface area contributed by atoms with E-state index in [4.69, 9.17) is 6.57 Å². The topological polar surface area (TPSA) is 67.9 Å². The number of pyridine rings is 1. The van der Waals surface area contributed by atoms with Crippen LogP contribution in [0, 0.1) is 6.57 Å². The number of aromatic nitrogens is 3. The van der Waals surface area contributed by atoms with Gasteiger partial charge in [0, 0.05) is 38.3 Å². The average Bonchev–Trinajstić information content (AvgIpc) is 2.90. The van der Waals surface area contributed by atoms with Gasteiger partial charge in [-0.2, -0.15) is 4.98 Å². The van der Waals surface area contributed by atoms with Crippen molar-refractivity contribution < 1.29 is 17.9 Å². The van der Waals surface area contributed by atoms with Crippen LogP contribution >= 0.6 is 0 Å². The van der Waals surface area contributed by atoms with Crippen LogP contribution in [0.5, 0.6) is 5.75 Å². The summed E-state index contributed by atoms with van der Waals surface area (Å²) in [4.78, 5) is 29.7. The molecule has 1 saturated heterocycles. The van der Waals surface area contributed by atoms with Gasteiger partial charge in [-0.05, 0) is 49.1 Å². The van der Waals surface area contributed by atoms with Gasteiger partial charge in [-0.15, -0.1) is 18.2 Å². The molecule has 2 aromatic heterocycles. The highest BCUT2D eigenvalue weighted by atomic mass is 19.4. The monoisotopic (exact) mass is 528 g/mol. The number of hydrogen-bond donors (Lipinski definition) is 0. The van der Waals surface area contributed by atoms with Crippen LogP contribution in [0.15, 0.2) is 41.2 Å². The molecule has 3 atom stereocenters. The van der Waals surface area contributed by atoms with Crippen LogP contribution in [0.25, 0.3) is 15.9 Å². The van der Waals surface area contributed by atoms with E-state index < -0.39 is 6.36 Å². The lowest BCUT2D eigenvalue weighted by Crippen LogP contribution is -2.59. The normalized spacial score (nSPS) is 19.4. The molecule has 202 valence electrons. The first-order valence-corrected chi connectivity index (χ1v) is 12.7. The molecule has 0 saturated carbocycles. The lowest BCUT2D eigenvalue weighted by molar-refractivity contribution is -0.274. The first-order valence-electron chi connectivity index (χ1n) is 12.7. The fraction of sp³-hybridized carbons (Fsp3) is 0.481. The summed E-state index contributed by atoms with van der Waals surface area (Å²) in [6.45, 7) is 14.9. The van der Waals surface area contributed by atoms with E-state index in [1.807, 2.05) is 0 Å². The zero-order valence-corrected chi connectivity index (χ0v) is 21.9. The molecule has 1 fully saturated rings. The van der Waals surface area contributed by atoms with E-state index in [-0.39, 0.29) is 35.4 Å². The van der Waals surface area contributed by atoms with E-state index in [0.29, 0.717) is 29.9 Å². The van der Waals surface area contributed by atoms with Gasteiger partial charge < -0.3 is 14.5 Å². The molecule has 1 aliphatic heterocycles. The standard InChI is InChI=1S/C27H31F3N6O2/c1-6-18-16-36(25-24-22(34(5)26(37)33-25)13-14-23(31-4)32-24)19(7-2)15-35(18)21(8-3)17-9-11-20(12-10-17)38-27(28,29)30/h9-14,18-19,21H,6-8,15-16H2,1-3,5H3. The van der Waals surface area contributed by atoms with Crippen molar-refractivity contribution >= 4 is 22.7 Å². The smallest absolute Gasteiger partial charge is 0.406 e. The van der Waals surface area contributed by atoms with Crippen LogP contribution in [-0.2, 0) is 7.05 Å². The summed E-state index contributed by atoms with van der Waals surface area (Å²) < 4.78 is 43.3. The van der Waals surface area contributed by atoms with Crippen molar-refractivity contribution in [1.29, 1.82) is 0 Å². The first-order chi connectivity index (χ1) is 18.1. The van der Waals surface area contributed by atoms with E-state index in [9.17, 15) is 18.0 Å². The van der Waals surface area contributed by atoms with Crippen LogP contribution in [0.3, 0.4) is 0 Å². The number of rotatable bonds is 7. The molecule has 0 spiro atoms. The summed E-state index contributed by atoms with van der Waals surface area (Å²) in [5.41, 5.74) is 1.67. The summed E-state index contributed by atoms with van der Waals surface area (Å²) in [6.07, 6.45) is -2.36. The van der Waals surface area contributed by atoms with Crippen LogP contribution < -0.4 is 15.3 Å². The van der Waals surface area contributed by atoms with Gasteiger partial charge in [-0.1, -0.05) is 39.5 Å². The molecule has 0 amide bonds. The Morgan fingerprint density at radius 2 is 1.74 bits per heavy atom. The Balaban J connectivity index is 1.69. The van der Waals surface area contributed by atoms with E-state index >= 15 is 0 Å². The summed E-state index contributed by atoms with van der Waals surface area (Å²) >= 11 is 0. The number of anilines is 1. The molecule has 0 bridgehead atoms. The van der Waals surface area contributed by atoms with Crippen molar-refractivity contribution in [1.82, 2.24) is 19.4 Å². The lowest BCUT2D eigenvalue weighted by atomic mass is 9.95. The molecule has 3 unspecified atom stereocenters. The number of alkyl halides is 3. The van der Waals surface area contributed by atoms with Crippen molar-refractivity contribution in [3.8, 4) is 5.75 Å². The van der Waals surface area contributed by atoms with Gasteiger partial charge in [0.25, 0.3) is 5.82 Å². The Hall–Kier alpha value is -3.65. The van der Waals surface area contributed by atoms with E-state index in [1.165, 1.54) is 16.7 Å². The SMILES string of the molecule is [C-]#[N+]c1ccc2c(n1)c(N1CC(CC)N(C(CC)c3ccc(OC(F)(F)F)cc3)CC1CC)nc(=O)n2C. The maximum Gasteiger partial charge on any atom is 0.573 e. The number of aryl methyl sites for hydroxylation is 1. The molecule has 3 aromatic rings. The first kappa shape index (κ1) is 27.4. The van der Waals surface area contributed by atoms with Gasteiger partial charge in [-0.3, -0.25) is 9.47 Å². The highest BCUT2D eigenvalue weighted by Crippen LogP contribution is 2.36. The minimum atomic E-state index is -4.73. The van der Waals surface area contributed by atoms with Crippen molar-refractivity contribution in [2.75, 3.05) is 18.0 Å². The quantitative estimate of drug-likeness (QED) is 0.372. The fourth-order valence-corrected chi connectivity index (χ4v) is 5.34. The molecule has 4 rings (SSSR count). The number of halogens is 3. The number of piperazine rings is 1. The third-order valence-electron chi connectivity index (χ3n) is 7.27. The highest BCUT2D eigenvalue weighted by Gasteiger charge is 2.38. The molecule has 1 aliphatic rings. The predicted molar refractivity (Wildman–Crippen MR) is 139 cm³/mol. The second kappa shape index (κ2) is 11.0. The van der Waals surface area contributed by atoms with Gasteiger partial charge in [-0.25, -0.2) is 4.79 Å². The Labute approximate surface area is 219 Å². The zero-order chi connectivity index (χ0) is 27.6. The molecule has 0 aliphatic carbocycles. The Morgan fingerprint density at radius 3 is 2.32 bits per heavy atom. The second-order valence-corrected chi connectivity index (χ2v) is 9.44. The van der Waals surface area contributed by atoms with Crippen molar-refractivity contribution in [2.45, 2.75) is 64.5 Å². The third-order valence-corrected chi connectivity index (χ3v) is 7.27. The van der Waals surface area contributed by atoms with Crippen LogP contribution in [-0.4, -0.2) is 51.0 Å². The Kier molecular flexibility index (Phi) is 7.92. The highest BCUT2D eigenvalue weighted by molar-refractivity contribution is 5.87. The molecule has 3 heterocycles. The zero-order valence-electron chi connectivity index (χ0n) is 21.9. The summed E-state index contributed by atoms with van der Waals surface area (Å²) in [7, 11) is 1.64. The number of benzene rings is 1. The van der Waals surface area contributed by atoms with Gasteiger partial charge in [0.15, 0.2) is 5.82 Å². The molecular weight excluding hydrogens is 497 g/mol. The van der Waals surface area contributed by atoms with Crippen LogP contribution in [0.4, 0.5) is 24.8 Å². The molecule has 8 nitrogen and oxygen atoms in total. The third kappa shape index (κ3) is 5.45. The number of fused-ring (bicyclic) bond motifs is 1. The molecule has 0 radical (unpaired) electrons. The fourth-order valence-electron chi connectivity index (χ4n) is 5.34. The maximum absolute atomic E-state index is 12.8. The minimum Gasteiger partial charge on any atom is -0.406 e.